The van der Waals surface area contributed by atoms with Crippen molar-refractivity contribution in [3.05, 3.63) is 24.4 Å². The molecule has 0 aliphatic carbocycles. The molecule has 2 heterocycles. The predicted molar refractivity (Wildman–Crippen MR) is 76.4 cm³/mol. The third-order valence-electron chi connectivity index (χ3n) is 4.21. The molecule has 100 valence electrons. The SMILES string of the molecule is Cn1cc2c(B3OC(C)(C)C(C)(C)O3)cccc2n1. The Hall–Kier alpha value is -1.33. The number of hydrogen-bond donors (Lipinski definition) is 0. The third-order valence-corrected chi connectivity index (χ3v) is 4.21. The second-order valence-electron chi connectivity index (χ2n) is 6.17. The third kappa shape index (κ3) is 1.88. The second kappa shape index (κ2) is 3.84. The van der Waals surface area contributed by atoms with Crippen molar-refractivity contribution in [2.75, 3.05) is 0 Å². The van der Waals surface area contributed by atoms with Gasteiger partial charge in [-0.15, -0.1) is 0 Å². The molecular weight excluding hydrogens is 239 g/mol. The minimum atomic E-state index is -0.335. The van der Waals surface area contributed by atoms with E-state index in [1.165, 1.54) is 0 Å². The fourth-order valence-electron chi connectivity index (χ4n) is 2.36. The van der Waals surface area contributed by atoms with Gasteiger partial charge in [0.25, 0.3) is 0 Å². The van der Waals surface area contributed by atoms with Crippen LogP contribution in [0.2, 0.25) is 0 Å². The van der Waals surface area contributed by atoms with Gasteiger partial charge in [-0.25, -0.2) is 0 Å². The zero-order chi connectivity index (χ0) is 13.8. The Morgan fingerprint density at radius 2 is 1.74 bits per heavy atom. The van der Waals surface area contributed by atoms with Crippen molar-refractivity contribution in [1.29, 1.82) is 0 Å². The highest BCUT2D eigenvalue weighted by atomic mass is 16.7. The van der Waals surface area contributed by atoms with Crippen LogP contribution >= 0.6 is 0 Å². The Morgan fingerprint density at radius 1 is 1.11 bits per heavy atom. The second-order valence-corrected chi connectivity index (χ2v) is 6.17. The summed E-state index contributed by atoms with van der Waals surface area (Å²) in [7, 11) is 1.59. The highest BCUT2D eigenvalue weighted by molar-refractivity contribution is 6.65. The van der Waals surface area contributed by atoms with Crippen LogP contribution in [0.15, 0.2) is 24.4 Å². The normalized spacial score (nSPS) is 21.2. The summed E-state index contributed by atoms with van der Waals surface area (Å²) in [5.41, 5.74) is 1.38. The molecule has 0 spiro atoms. The zero-order valence-electron chi connectivity index (χ0n) is 12.1. The predicted octanol–water partition coefficient (Wildman–Crippen LogP) is 1.87. The molecule has 0 unspecified atom stereocenters. The summed E-state index contributed by atoms with van der Waals surface area (Å²) >= 11 is 0. The van der Waals surface area contributed by atoms with Crippen LogP contribution in [-0.2, 0) is 16.4 Å². The van der Waals surface area contributed by atoms with Gasteiger partial charge >= 0.3 is 7.12 Å². The first-order valence-electron chi connectivity index (χ1n) is 6.58. The highest BCUT2D eigenvalue weighted by Gasteiger charge is 2.52. The van der Waals surface area contributed by atoms with E-state index in [9.17, 15) is 0 Å². The number of aromatic nitrogens is 2. The summed E-state index contributed by atoms with van der Waals surface area (Å²) in [6.45, 7) is 8.26. The van der Waals surface area contributed by atoms with Crippen LogP contribution in [-0.4, -0.2) is 28.1 Å². The molecular formula is C14H19BN2O2. The van der Waals surface area contributed by atoms with Crippen molar-refractivity contribution in [3.63, 3.8) is 0 Å². The van der Waals surface area contributed by atoms with E-state index in [4.69, 9.17) is 9.31 Å². The molecule has 0 radical (unpaired) electrons. The number of nitrogens with zero attached hydrogens (tertiary/aromatic N) is 2. The molecule has 3 rings (SSSR count). The monoisotopic (exact) mass is 258 g/mol. The van der Waals surface area contributed by atoms with Gasteiger partial charge in [0.05, 0.1) is 16.7 Å². The lowest BCUT2D eigenvalue weighted by Crippen LogP contribution is -2.41. The van der Waals surface area contributed by atoms with E-state index in [1.807, 2.05) is 36.1 Å². The number of aryl methyl sites for hydroxylation is 1. The first-order chi connectivity index (χ1) is 8.80. The first-order valence-corrected chi connectivity index (χ1v) is 6.58. The van der Waals surface area contributed by atoms with Gasteiger partial charge < -0.3 is 9.31 Å². The Labute approximate surface area is 113 Å². The molecule has 1 aromatic carbocycles. The van der Waals surface area contributed by atoms with Gasteiger partial charge in [0.2, 0.25) is 0 Å². The van der Waals surface area contributed by atoms with Gasteiger partial charge in [0, 0.05) is 18.6 Å². The van der Waals surface area contributed by atoms with Gasteiger partial charge in [-0.3, -0.25) is 4.68 Å². The lowest BCUT2D eigenvalue weighted by molar-refractivity contribution is 0.00578. The molecule has 1 aliphatic rings. The van der Waals surface area contributed by atoms with Crippen molar-refractivity contribution >= 4 is 23.5 Å². The summed E-state index contributed by atoms with van der Waals surface area (Å²) in [6.07, 6.45) is 2.01. The molecule has 0 amide bonds. The number of fused-ring (bicyclic) bond motifs is 1. The maximum atomic E-state index is 6.11. The van der Waals surface area contributed by atoms with Gasteiger partial charge in [-0.1, -0.05) is 12.1 Å². The Morgan fingerprint density at radius 3 is 2.37 bits per heavy atom. The van der Waals surface area contributed by atoms with Crippen LogP contribution in [0, 0.1) is 0 Å². The highest BCUT2D eigenvalue weighted by Crippen LogP contribution is 2.36. The lowest BCUT2D eigenvalue weighted by Gasteiger charge is -2.32. The van der Waals surface area contributed by atoms with E-state index in [2.05, 4.69) is 32.8 Å². The van der Waals surface area contributed by atoms with Crippen molar-refractivity contribution in [1.82, 2.24) is 9.78 Å². The summed E-state index contributed by atoms with van der Waals surface area (Å²) in [4.78, 5) is 0. The topological polar surface area (TPSA) is 36.3 Å². The smallest absolute Gasteiger partial charge is 0.399 e. The fraction of sp³-hybridized carbons (Fsp3) is 0.500. The average Bonchev–Trinajstić information content (AvgIpc) is 2.75. The van der Waals surface area contributed by atoms with Crippen LogP contribution in [0.25, 0.3) is 10.9 Å². The van der Waals surface area contributed by atoms with E-state index >= 15 is 0 Å². The molecule has 5 heteroatoms. The van der Waals surface area contributed by atoms with Crippen LogP contribution in [0.5, 0.6) is 0 Å². The van der Waals surface area contributed by atoms with Crippen LogP contribution in [0.1, 0.15) is 27.7 Å². The fourth-order valence-corrected chi connectivity index (χ4v) is 2.36. The van der Waals surface area contributed by atoms with Gasteiger partial charge in [-0.2, -0.15) is 5.10 Å². The Balaban J connectivity index is 2.07. The molecule has 1 aromatic heterocycles. The minimum absolute atomic E-state index is 0.317. The summed E-state index contributed by atoms with van der Waals surface area (Å²) in [5, 5.41) is 5.51. The van der Waals surface area contributed by atoms with Gasteiger partial charge in [0.15, 0.2) is 0 Å². The molecule has 0 atom stereocenters. The summed E-state index contributed by atoms with van der Waals surface area (Å²) in [6, 6.07) is 6.05. The van der Waals surface area contributed by atoms with E-state index in [1.54, 1.807) is 0 Å². The quantitative estimate of drug-likeness (QED) is 0.733. The molecule has 2 aromatic rings. The van der Waals surface area contributed by atoms with E-state index in [0.29, 0.717) is 0 Å². The van der Waals surface area contributed by atoms with Crippen molar-refractivity contribution in [2.24, 2.45) is 7.05 Å². The molecule has 4 nitrogen and oxygen atoms in total. The molecule has 1 aliphatic heterocycles. The van der Waals surface area contributed by atoms with E-state index < -0.39 is 0 Å². The summed E-state index contributed by atoms with van der Waals surface area (Å²) < 4.78 is 14.0. The molecule has 1 saturated heterocycles. The van der Waals surface area contributed by atoms with Crippen LogP contribution < -0.4 is 5.46 Å². The number of rotatable bonds is 1. The Kier molecular flexibility index (Phi) is 2.56. The summed E-state index contributed by atoms with van der Waals surface area (Å²) in [5.74, 6) is 0. The maximum absolute atomic E-state index is 6.11. The van der Waals surface area contributed by atoms with Crippen molar-refractivity contribution < 1.29 is 9.31 Å². The molecule has 0 N–H and O–H groups in total. The maximum Gasteiger partial charge on any atom is 0.495 e. The largest absolute Gasteiger partial charge is 0.495 e. The van der Waals surface area contributed by atoms with E-state index in [0.717, 1.165) is 16.4 Å². The van der Waals surface area contributed by atoms with Crippen molar-refractivity contribution in [2.45, 2.75) is 38.9 Å². The molecule has 0 bridgehead atoms. The average molecular weight is 258 g/mol. The molecule has 19 heavy (non-hydrogen) atoms. The van der Waals surface area contributed by atoms with Crippen LogP contribution in [0.4, 0.5) is 0 Å². The minimum Gasteiger partial charge on any atom is -0.399 e. The standard InChI is InChI=1S/C14H19BN2O2/c1-13(2)14(3,4)19-15(18-13)11-7-6-8-12-10(11)9-17(5)16-12/h6-9H,1-5H3. The number of benzene rings is 1. The van der Waals surface area contributed by atoms with Crippen LogP contribution in [0.3, 0.4) is 0 Å². The first kappa shape index (κ1) is 12.7. The van der Waals surface area contributed by atoms with Gasteiger partial charge in [-0.05, 0) is 39.2 Å². The number of hydrogen-bond acceptors (Lipinski definition) is 3. The Bertz CT molecular complexity index is 617. The van der Waals surface area contributed by atoms with E-state index in [-0.39, 0.29) is 18.3 Å². The molecule has 1 fully saturated rings. The van der Waals surface area contributed by atoms with Crippen molar-refractivity contribution in [3.8, 4) is 0 Å². The zero-order valence-corrected chi connectivity index (χ0v) is 12.1. The van der Waals surface area contributed by atoms with Gasteiger partial charge in [0.1, 0.15) is 0 Å². The lowest BCUT2D eigenvalue weighted by atomic mass is 9.77. The molecule has 0 saturated carbocycles.